The van der Waals surface area contributed by atoms with Crippen LogP contribution in [0.2, 0.25) is 0 Å². The van der Waals surface area contributed by atoms with Gasteiger partial charge < -0.3 is 13.7 Å². The summed E-state index contributed by atoms with van der Waals surface area (Å²) in [7, 11) is 0. The lowest BCUT2D eigenvalue weighted by atomic mass is 10.00. The monoisotopic (exact) mass is 775 g/mol. The number of hydrogen-bond donors (Lipinski definition) is 0. The molecule has 3 heterocycles. The zero-order chi connectivity index (χ0) is 40.0. The maximum atomic E-state index is 2.50. The van der Waals surface area contributed by atoms with Gasteiger partial charge in [-0.25, -0.2) is 0 Å². The summed E-state index contributed by atoms with van der Waals surface area (Å²) in [6.07, 6.45) is 0. The van der Waals surface area contributed by atoms with E-state index < -0.39 is 0 Å². The minimum Gasteiger partial charge on any atom is -0.309 e. The zero-order valence-electron chi connectivity index (χ0n) is 33.2. The van der Waals surface area contributed by atoms with E-state index in [1.54, 1.807) is 0 Å². The summed E-state index contributed by atoms with van der Waals surface area (Å²) in [5.74, 6) is 0. The van der Waals surface area contributed by atoms with Crippen LogP contribution in [0.3, 0.4) is 0 Å². The predicted octanol–water partition coefficient (Wildman–Crippen LogP) is 15.5. The second-order valence-corrected chi connectivity index (χ2v) is 16.1. The first-order valence-corrected chi connectivity index (χ1v) is 21.0. The topological polar surface area (TPSA) is 14.8 Å². The fourth-order valence-corrected chi connectivity index (χ4v) is 10.0. The molecule has 0 saturated heterocycles. The van der Waals surface area contributed by atoms with Gasteiger partial charge in [0.1, 0.15) is 0 Å². The second kappa shape index (κ2) is 13.2. The number of aromatic nitrogens is 3. The number of para-hydroxylation sites is 3. The highest BCUT2D eigenvalue weighted by atomic mass is 15.0. The molecule has 0 aliphatic carbocycles. The first-order chi connectivity index (χ1) is 30.3. The standard InChI is InChI=1S/C58H37N3/c1-3-14-38(15-4-1)41-18-13-21-45(34-41)61-56-33-28-43(37-52(56)50-31-30-49-47-22-9-12-25-54(47)60(57(49)58(50)61)44-19-5-2-6-20-44)42-27-32-55-51(36-42)48-23-10-11-24-53(48)59(55)46-29-26-39-16-7-8-17-40(39)35-46/h1-37H. The van der Waals surface area contributed by atoms with E-state index in [-0.39, 0.29) is 0 Å². The average Bonchev–Trinajstić information content (AvgIpc) is 3.97. The molecule has 0 fully saturated rings. The molecule has 13 rings (SSSR count). The van der Waals surface area contributed by atoms with Gasteiger partial charge in [0.05, 0.1) is 33.1 Å². The molecule has 10 aromatic carbocycles. The summed E-state index contributed by atoms with van der Waals surface area (Å²) in [5, 5.41) is 9.92. The quantitative estimate of drug-likeness (QED) is 0.165. The van der Waals surface area contributed by atoms with Gasteiger partial charge >= 0.3 is 0 Å². The Bertz CT molecular complexity index is 3860. The summed E-state index contributed by atoms with van der Waals surface area (Å²) in [5.41, 5.74) is 15.4. The van der Waals surface area contributed by atoms with E-state index in [4.69, 9.17) is 0 Å². The van der Waals surface area contributed by atoms with Gasteiger partial charge in [-0.2, -0.15) is 0 Å². The molecule has 0 unspecified atom stereocenters. The fourth-order valence-electron chi connectivity index (χ4n) is 10.0. The van der Waals surface area contributed by atoms with Crippen molar-refractivity contribution in [3.05, 3.63) is 224 Å². The Labute approximate surface area is 352 Å². The van der Waals surface area contributed by atoms with Gasteiger partial charge in [0.2, 0.25) is 0 Å². The van der Waals surface area contributed by atoms with Crippen molar-refractivity contribution in [3.63, 3.8) is 0 Å². The van der Waals surface area contributed by atoms with Crippen LogP contribution in [-0.2, 0) is 0 Å². The molecule has 0 aliphatic rings. The van der Waals surface area contributed by atoms with Crippen LogP contribution in [0.4, 0.5) is 0 Å². The van der Waals surface area contributed by atoms with E-state index in [2.05, 4.69) is 238 Å². The second-order valence-electron chi connectivity index (χ2n) is 16.1. The van der Waals surface area contributed by atoms with E-state index in [1.807, 2.05) is 0 Å². The van der Waals surface area contributed by atoms with E-state index in [9.17, 15) is 0 Å². The first kappa shape index (κ1) is 33.8. The van der Waals surface area contributed by atoms with E-state index in [0.29, 0.717) is 0 Å². The van der Waals surface area contributed by atoms with Crippen LogP contribution >= 0.6 is 0 Å². The van der Waals surface area contributed by atoms with Crippen molar-refractivity contribution in [3.8, 4) is 39.3 Å². The third kappa shape index (κ3) is 5.11. The van der Waals surface area contributed by atoms with Gasteiger partial charge in [-0.05, 0) is 106 Å². The van der Waals surface area contributed by atoms with Crippen molar-refractivity contribution < 1.29 is 0 Å². The Hall–Kier alpha value is -8.14. The van der Waals surface area contributed by atoms with Crippen LogP contribution < -0.4 is 0 Å². The minimum absolute atomic E-state index is 1.13. The van der Waals surface area contributed by atoms with Gasteiger partial charge in [0, 0.05) is 49.4 Å². The summed E-state index contributed by atoms with van der Waals surface area (Å²) in [6.45, 7) is 0. The molecule has 3 nitrogen and oxygen atoms in total. The first-order valence-electron chi connectivity index (χ1n) is 21.0. The van der Waals surface area contributed by atoms with Crippen molar-refractivity contribution in [2.45, 2.75) is 0 Å². The number of nitrogens with zero attached hydrogens (tertiary/aromatic N) is 3. The molecule has 0 bridgehead atoms. The van der Waals surface area contributed by atoms with Crippen LogP contribution in [-0.4, -0.2) is 13.7 Å². The Morgan fingerprint density at radius 2 is 0.689 bits per heavy atom. The van der Waals surface area contributed by atoms with E-state index >= 15 is 0 Å². The van der Waals surface area contributed by atoms with Gasteiger partial charge in [-0.1, -0.05) is 152 Å². The van der Waals surface area contributed by atoms with Crippen LogP contribution in [0.25, 0.3) is 116 Å². The number of hydrogen-bond acceptors (Lipinski definition) is 0. The van der Waals surface area contributed by atoms with E-state index in [0.717, 1.165) is 11.4 Å². The fraction of sp³-hybridized carbons (Fsp3) is 0. The van der Waals surface area contributed by atoms with Gasteiger partial charge in [0.25, 0.3) is 0 Å². The maximum absolute atomic E-state index is 2.50. The van der Waals surface area contributed by atoms with Crippen LogP contribution in [0.15, 0.2) is 224 Å². The van der Waals surface area contributed by atoms with E-state index in [1.165, 1.54) is 104 Å². The number of rotatable bonds is 5. The smallest absolute Gasteiger partial charge is 0.0788 e. The molecule has 3 aromatic heterocycles. The molecular formula is C58H37N3. The summed E-state index contributed by atoms with van der Waals surface area (Å²) in [6, 6.07) is 82.3. The molecule has 0 radical (unpaired) electrons. The van der Waals surface area contributed by atoms with Crippen LogP contribution in [0.1, 0.15) is 0 Å². The predicted molar refractivity (Wildman–Crippen MR) is 258 cm³/mol. The zero-order valence-corrected chi connectivity index (χ0v) is 33.2. The van der Waals surface area contributed by atoms with Crippen molar-refractivity contribution in [1.29, 1.82) is 0 Å². The Morgan fingerprint density at radius 3 is 1.43 bits per heavy atom. The molecule has 0 N–H and O–H groups in total. The lowest BCUT2D eigenvalue weighted by Crippen LogP contribution is -1.98. The molecule has 0 saturated carbocycles. The number of fused-ring (bicyclic) bond motifs is 11. The molecule has 0 atom stereocenters. The van der Waals surface area contributed by atoms with Crippen molar-refractivity contribution >= 4 is 76.2 Å². The lowest BCUT2D eigenvalue weighted by Gasteiger charge is -2.13. The maximum Gasteiger partial charge on any atom is 0.0788 e. The van der Waals surface area contributed by atoms with Crippen LogP contribution in [0, 0.1) is 0 Å². The molecule has 284 valence electrons. The third-order valence-corrected chi connectivity index (χ3v) is 12.8. The molecule has 61 heavy (non-hydrogen) atoms. The summed E-state index contributed by atoms with van der Waals surface area (Å²) >= 11 is 0. The average molecular weight is 776 g/mol. The highest BCUT2D eigenvalue weighted by Gasteiger charge is 2.22. The molecule has 0 aliphatic heterocycles. The third-order valence-electron chi connectivity index (χ3n) is 12.8. The normalized spacial score (nSPS) is 11.9. The Kier molecular flexibility index (Phi) is 7.31. The summed E-state index contributed by atoms with van der Waals surface area (Å²) < 4.78 is 7.38. The lowest BCUT2D eigenvalue weighted by molar-refractivity contribution is 1.15. The van der Waals surface area contributed by atoms with Crippen molar-refractivity contribution in [2.75, 3.05) is 0 Å². The van der Waals surface area contributed by atoms with Crippen LogP contribution in [0.5, 0.6) is 0 Å². The molecule has 13 aromatic rings. The minimum atomic E-state index is 1.13. The summed E-state index contributed by atoms with van der Waals surface area (Å²) in [4.78, 5) is 0. The molecular weight excluding hydrogens is 739 g/mol. The molecule has 0 amide bonds. The Balaban J connectivity index is 1.08. The van der Waals surface area contributed by atoms with Gasteiger partial charge in [-0.15, -0.1) is 0 Å². The highest BCUT2D eigenvalue weighted by molar-refractivity contribution is 6.24. The SMILES string of the molecule is c1ccc(-c2cccc(-n3c4ccc(-c5ccc6c(c5)c5ccccc5n6-c5ccc6ccccc6c5)cc4c4ccc5c6ccccc6n(-c6ccccc6)c5c43)c2)cc1. The van der Waals surface area contributed by atoms with Gasteiger partial charge in [0.15, 0.2) is 0 Å². The largest absolute Gasteiger partial charge is 0.309 e. The highest BCUT2D eigenvalue weighted by Crippen LogP contribution is 2.44. The van der Waals surface area contributed by atoms with Crippen molar-refractivity contribution in [2.24, 2.45) is 0 Å². The Morgan fingerprint density at radius 1 is 0.213 bits per heavy atom. The molecule has 3 heteroatoms. The molecule has 0 spiro atoms. The van der Waals surface area contributed by atoms with Gasteiger partial charge in [-0.3, -0.25) is 0 Å². The number of benzene rings is 10. The van der Waals surface area contributed by atoms with Crippen molar-refractivity contribution in [1.82, 2.24) is 13.7 Å².